The van der Waals surface area contributed by atoms with Crippen LogP contribution in [0.5, 0.6) is 11.5 Å². The molecule has 1 heterocycles. The molecule has 3 rings (SSSR count). The Morgan fingerprint density at radius 3 is 2.62 bits per heavy atom. The highest BCUT2D eigenvalue weighted by atomic mass is 16.5. The number of aromatic hydroxyl groups is 1. The van der Waals surface area contributed by atoms with E-state index in [1.807, 2.05) is 6.92 Å². The van der Waals surface area contributed by atoms with Crippen LogP contribution in [0.2, 0.25) is 0 Å². The lowest BCUT2D eigenvalue weighted by atomic mass is 9.78. The predicted molar refractivity (Wildman–Crippen MR) is 75.0 cm³/mol. The van der Waals surface area contributed by atoms with Gasteiger partial charge >= 0.3 is 0 Å². The highest BCUT2D eigenvalue weighted by Gasteiger charge is 2.40. The number of benzene rings is 1. The van der Waals surface area contributed by atoms with Crippen molar-refractivity contribution in [2.45, 2.75) is 32.5 Å². The van der Waals surface area contributed by atoms with E-state index in [0.29, 0.717) is 23.3 Å². The van der Waals surface area contributed by atoms with E-state index < -0.39 is 6.10 Å². The fourth-order valence-corrected chi connectivity index (χ4v) is 3.08. The fourth-order valence-electron chi connectivity index (χ4n) is 3.08. The van der Waals surface area contributed by atoms with Crippen molar-refractivity contribution in [3.63, 3.8) is 0 Å². The Bertz CT molecular complexity index is 686. The summed E-state index contributed by atoms with van der Waals surface area (Å²) < 4.78 is 10.7. The Labute approximate surface area is 122 Å². The van der Waals surface area contributed by atoms with E-state index in [1.54, 1.807) is 6.92 Å². The number of ketones is 2. The molecule has 0 amide bonds. The van der Waals surface area contributed by atoms with E-state index in [-0.39, 0.29) is 34.5 Å². The molecule has 5 nitrogen and oxygen atoms in total. The van der Waals surface area contributed by atoms with Gasteiger partial charge in [-0.25, -0.2) is 0 Å². The van der Waals surface area contributed by atoms with Gasteiger partial charge in [-0.05, 0) is 19.9 Å². The predicted octanol–water partition coefficient (Wildman–Crippen LogP) is 2.27. The average Bonchev–Trinajstić information content (AvgIpc) is 2.43. The van der Waals surface area contributed by atoms with Crippen LogP contribution >= 0.6 is 0 Å². The monoisotopic (exact) mass is 288 g/mol. The van der Waals surface area contributed by atoms with Crippen LogP contribution in [0.4, 0.5) is 0 Å². The summed E-state index contributed by atoms with van der Waals surface area (Å²) in [5.41, 5.74) is 1.11. The van der Waals surface area contributed by atoms with Gasteiger partial charge in [-0.1, -0.05) is 0 Å². The number of phenolic OH excluding ortho intramolecular Hbond substituents is 1. The van der Waals surface area contributed by atoms with E-state index in [4.69, 9.17) is 9.47 Å². The molecule has 2 unspecified atom stereocenters. The SMILES string of the molecule is COc1cc(O)c2c(c1)C(=O)C1=C(C2=O)C(C)OC(C)C1. The van der Waals surface area contributed by atoms with Crippen molar-refractivity contribution in [2.24, 2.45) is 0 Å². The fraction of sp³-hybridized carbons (Fsp3) is 0.375. The summed E-state index contributed by atoms with van der Waals surface area (Å²) >= 11 is 0. The Hall–Kier alpha value is -2.14. The van der Waals surface area contributed by atoms with Gasteiger partial charge in [-0.2, -0.15) is 0 Å². The molecule has 1 aromatic carbocycles. The first-order valence-electron chi connectivity index (χ1n) is 6.83. The van der Waals surface area contributed by atoms with Crippen molar-refractivity contribution in [3.8, 4) is 11.5 Å². The molecular formula is C16H16O5. The largest absolute Gasteiger partial charge is 0.507 e. The maximum Gasteiger partial charge on any atom is 0.196 e. The van der Waals surface area contributed by atoms with Crippen LogP contribution in [0.1, 0.15) is 41.0 Å². The van der Waals surface area contributed by atoms with Crippen molar-refractivity contribution >= 4 is 11.6 Å². The molecule has 21 heavy (non-hydrogen) atoms. The van der Waals surface area contributed by atoms with E-state index in [2.05, 4.69) is 0 Å². The van der Waals surface area contributed by atoms with Crippen molar-refractivity contribution < 1.29 is 24.2 Å². The van der Waals surface area contributed by atoms with Crippen LogP contribution in [0, 0.1) is 0 Å². The van der Waals surface area contributed by atoms with Gasteiger partial charge in [0.1, 0.15) is 11.5 Å². The Morgan fingerprint density at radius 1 is 1.24 bits per heavy atom. The lowest BCUT2D eigenvalue weighted by molar-refractivity contribution is 0.0148. The first-order valence-corrected chi connectivity index (χ1v) is 6.83. The summed E-state index contributed by atoms with van der Waals surface area (Å²) in [6.45, 7) is 3.62. The molecular weight excluding hydrogens is 272 g/mol. The van der Waals surface area contributed by atoms with Crippen molar-refractivity contribution in [3.05, 3.63) is 34.4 Å². The molecule has 1 aromatic rings. The molecule has 5 heteroatoms. The number of carbonyl (C=O) groups excluding carboxylic acids is 2. The van der Waals surface area contributed by atoms with Crippen LogP contribution in [0.15, 0.2) is 23.3 Å². The number of fused-ring (bicyclic) bond motifs is 1. The third-order valence-corrected chi connectivity index (χ3v) is 3.98. The Balaban J connectivity index is 2.23. The standard InChI is InChI=1S/C16H16O5/c1-7-4-10-13(8(2)21-7)16(19)14-11(15(10)18)5-9(20-3)6-12(14)17/h5-8,17H,4H2,1-3H3. The molecule has 0 saturated carbocycles. The Kier molecular flexibility index (Phi) is 3.10. The number of methoxy groups -OCH3 is 1. The molecule has 0 saturated heterocycles. The minimum Gasteiger partial charge on any atom is -0.507 e. The summed E-state index contributed by atoms with van der Waals surface area (Å²) in [4.78, 5) is 25.3. The van der Waals surface area contributed by atoms with Crippen LogP contribution in [-0.4, -0.2) is 36.0 Å². The molecule has 110 valence electrons. The zero-order valence-corrected chi connectivity index (χ0v) is 12.1. The number of Topliss-reactive ketones (excluding diaryl/α,β-unsaturated/α-hetero) is 2. The summed E-state index contributed by atoms with van der Waals surface area (Å²) in [5, 5.41) is 10.1. The number of carbonyl (C=O) groups is 2. The molecule has 0 spiro atoms. The maximum absolute atomic E-state index is 12.7. The van der Waals surface area contributed by atoms with Gasteiger partial charge in [0.15, 0.2) is 11.6 Å². The number of hydrogen-bond donors (Lipinski definition) is 1. The van der Waals surface area contributed by atoms with Gasteiger partial charge in [0, 0.05) is 29.2 Å². The first-order chi connectivity index (χ1) is 9.93. The van der Waals surface area contributed by atoms with Crippen LogP contribution in [0.25, 0.3) is 0 Å². The zero-order chi connectivity index (χ0) is 15.3. The van der Waals surface area contributed by atoms with Crippen molar-refractivity contribution in [1.29, 1.82) is 0 Å². The highest BCUT2D eigenvalue weighted by molar-refractivity contribution is 6.28. The van der Waals surface area contributed by atoms with Crippen LogP contribution < -0.4 is 4.74 Å². The molecule has 1 aliphatic carbocycles. The second kappa shape index (κ2) is 4.70. The summed E-state index contributed by atoms with van der Waals surface area (Å²) in [6, 6.07) is 2.84. The molecule has 0 fully saturated rings. The quantitative estimate of drug-likeness (QED) is 0.858. The number of rotatable bonds is 1. The normalized spacial score (nSPS) is 24.7. The minimum atomic E-state index is -0.449. The second-order valence-electron chi connectivity index (χ2n) is 5.41. The average molecular weight is 288 g/mol. The van der Waals surface area contributed by atoms with Gasteiger partial charge in [-0.15, -0.1) is 0 Å². The number of phenols is 1. The van der Waals surface area contributed by atoms with Gasteiger partial charge in [0.25, 0.3) is 0 Å². The summed E-state index contributed by atoms with van der Waals surface area (Å²) in [7, 11) is 1.44. The van der Waals surface area contributed by atoms with Gasteiger partial charge in [0.2, 0.25) is 0 Å². The second-order valence-corrected chi connectivity index (χ2v) is 5.41. The smallest absolute Gasteiger partial charge is 0.196 e. The van der Waals surface area contributed by atoms with E-state index in [0.717, 1.165) is 0 Å². The molecule has 2 aliphatic rings. The minimum absolute atomic E-state index is 0.0459. The lowest BCUT2D eigenvalue weighted by Crippen LogP contribution is -2.36. The zero-order valence-electron chi connectivity index (χ0n) is 12.1. The maximum atomic E-state index is 12.7. The van der Waals surface area contributed by atoms with E-state index in [1.165, 1.54) is 19.2 Å². The number of hydrogen-bond acceptors (Lipinski definition) is 5. The van der Waals surface area contributed by atoms with Gasteiger partial charge in [0.05, 0.1) is 24.9 Å². The van der Waals surface area contributed by atoms with Gasteiger partial charge in [-0.3, -0.25) is 9.59 Å². The third-order valence-electron chi connectivity index (χ3n) is 3.98. The topological polar surface area (TPSA) is 72.8 Å². The van der Waals surface area contributed by atoms with Crippen molar-refractivity contribution in [1.82, 2.24) is 0 Å². The van der Waals surface area contributed by atoms with Crippen molar-refractivity contribution in [2.75, 3.05) is 7.11 Å². The van der Waals surface area contributed by atoms with Crippen LogP contribution in [0.3, 0.4) is 0 Å². The summed E-state index contributed by atoms with van der Waals surface area (Å²) in [5.74, 6) is -0.445. The molecule has 1 aliphatic heterocycles. The van der Waals surface area contributed by atoms with E-state index >= 15 is 0 Å². The van der Waals surface area contributed by atoms with Crippen LogP contribution in [-0.2, 0) is 4.74 Å². The molecule has 0 radical (unpaired) electrons. The first kappa shape index (κ1) is 13.8. The van der Waals surface area contributed by atoms with Gasteiger partial charge < -0.3 is 14.6 Å². The Morgan fingerprint density at radius 2 is 1.95 bits per heavy atom. The summed E-state index contributed by atoms with van der Waals surface area (Å²) in [6.07, 6.45) is -0.159. The third kappa shape index (κ3) is 1.96. The highest BCUT2D eigenvalue weighted by Crippen LogP contribution is 2.40. The number of ether oxygens (including phenoxy) is 2. The molecule has 2 atom stereocenters. The molecule has 1 N–H and O–H groups in total. The molecule has 0 bridgehead atoms. The van der Waals surface area contributed by atoms with E-state index in [9.17, 15) is 14.7 Å². The lowest BCUT2D eigenvalue weighted by Gasteiger charge is -2.32. The molecule has 0 aromatic heterocycles.